The highest BCUT2D eigenvalue weighted by atomic mass is 16.4. The first-order valence-corrected chi connectivity index (χ1v) is 7.73. The first-order chi connectivity index (χ1) is 10.9. The van der Waals surface area contributed by atoms with Crippen LogP contribution in [-0.4, -0.2) is 38.1 Å². The van der Waals surface area contributed by atoms with Gasteiger partial charge in [-0.05, 0) is 39.7 Å². The van der Waals surface area contributed by atoms with Crippen molar-refractivity contribution < 1.29 is 14.7 Å². The van der Waals surface area contributed by atoms with E-state index in [0.29, 0.717) is 29.9 Å². The van der Waals surface area contributed by atoms with Gasteiger partial charge in [-0.3, -0.25) is 9.59 Å². The second-order valence-corrected chi connectivity index (χ2v) is 5.70. The average Bonchev–Trinajstić information content (AvgIpc) is 2.78. The van der Waals surface area contributed by atoms with E-state index in [1.54, 1.807) is 11.4 Å². The highest BCUT2D eigenvalue weighted by Crippen LogP contribution is 2.16. The number of fused-ring (bicyclic) bond motifs is 1. The van der Waals surface area contributed by atoms with Gasteiger partial charge in [0.2, 0.25) is 0 Å². The molecule has 2 aromatic heterocycles. The van der Waals surface area contributed by atoms with Crippen molar-refractivity contribution in [1.29, 1.82) is 0 Å². The lowest BCUT2D eigenvalue weighted by Gasteiger charge is -2.05. The van der Waals surface area contributed by atoms with Gasteiger partial charge in [0.15, 0.2) is 5.65 Å². The zero-order chi connectivity index (χ0) is 17.0. The number of carboxylic acids is 1. The standard InChI is InChI=1S/C16H22N4O3/c1-10-9-11(2)20-15(18-10)14(12(3)19-20)16(23)17-8-6-4-5-7-13(21)22/h9H,4-8H2,1-3H3,(H,17,23)(H,21,22). The molecule has 2 N–H and O–H groups in total. The van der Waals surface area contributed by atoms with Crippen molar-refractivity contribution in [3.8, 4) is 0 Å². The summed E-state index contributed by atoms with van der Waals surface area (Å²) in [7, 11) is 0. The van der Waals surface area contributed by atoms with Gasteiger partial charge in [-0.2, -0.15) is 5.10 Å². The predicted molar refractivity (Wildman–Crippen MR) is 85.6 cm³/mol. The van der Waals surface area contributed by atoms with Crippen LogP contribution in [0.5, 0.6) is 0 Å². The maximum atomic E-state index is 12.4. The monoisotopic (exact) mass is 318 g/mol. The quantitative estimate of drug-likeness (QED) is 0.761. The van der Waals surface area contributed by atoms with Crippen LogP contribution in [0.1, 0.15) is 53.1 Å². The van der Waals surface area contributed by atoms with Gasteiger partial charge in [-0.1, -0.05) is 6.42 Å². The Morgan fingerprint density at radius 1 is 1.22 bits per heavy atom. The molecule has 0 aliphatic rings. The van der Waals surface area contributed by atoms with Crippen molar-refractivity contribution in [1.82, 2.24) is 19.9 Å². The summed E-state index contributed by atoms with van der Waals surface area (Å²) in [5.41, 5.74) is 3.50. The number of nitrogens with one attached hydrogen (secondary N) is 1. The molecule has 0 atom stereocenters. The molecule has 0 aliphatic heterocycles. The largest absolute Gasteiger partial charge is 0.481 e. The molecule has 7 heteroatoms. The zero-order valence-electron chi connectivity index (χ0n) is 13.7. The summed E-state index contributed by atoms with van der Waals surface area (Å²) in [6.07, 6.45) is 2.32. The Labute approximate surface area is 134 Å². The van der Waals surface area contributed by atoms with Gasteiger partial charge in [-0.25, -0.2) is 9.50 Å². The Bertz CT molecular complexity index is 736. The lowest BCUT2D eigenvalue weighted by molar-refractivity contribution is -0.137. The van der Waals surface area contributed by atoms with Crippen LogP contribution in [0.3, 0.4) is 0 Å². The van der Waals surface area contributed by atoms with Crippen LogP contribution >= 0.6 is 0 Å². The Morgan fingerprint density at radius 2 is 1.96 bits per heavy atom. The summed E-state index contributed by atoms with van der Waals surface area (Å²) >= 11 is 0. The molecule has 0 aromatic carbocycles. The number of unbranched alkanes of at least 4 members (excludes halogenated alkanes) is 2. The first-order valence-electron chi connectivity index (χ1n) is 7.73. The number of aliphatic carboxylic acids is 1. The topological polar surface area (TPSA) is 96.6 Å². The number of rotatable bonds is 7. The second-order valence-electron chi connectivity index (χ2n) is 5.70. The minimum absolute atomic E-state index is 0.170. The highest BCUT2D eigenvalue weighted by Gasteiger charge is 2.19. The fourth-order valence-electron chi connectivity index (χ4n) is 2.56. The third kappa shape index (κ3) is 4.06. The van der Waals surface area contributed by atoms with E-state index in [0.717, 1.165) is 24.2 Å². The van der Waals surface area contributed by atoms with E-state index < -0.39 is 5.97 Å². The van der Waals surface area contributed by atoms with E-state index >= 15 is 0 Å². The Balaban J connectivity index is 2.01. The molecule has 0 bridgehead atoms. The van der Waals surface area contributed by atoms with E-state index in [2.05, 4.69) is 15.4 Å². The van der Waals surface area contributed by atoms with Gasteiger partial charge in [0.25, 0.3) is 5.91 Å². The molecule has 0 radical (unpaired) electrons. The van der Waals surface area contributed by atoms with E-state index in [-0.39, 0.29) is 12.3 Å². The predicted octanol–water partition coefficient (Wildman–Crippen LogP) is 2.03. The zero-order valence-corrected chi connectivity index (χ0v) is 13.7. The number of carbonyl (C=O) groups excluding carboxylic acids is 1. The molecule has 0 spiro atoms. The summed E-state index contributed by atoms with van der Waals surface area (Å²) in [4.78, 5) is 27.3. The van der Waals surface area contributed by atoms with Crippen LogP contribution < -0.4 is 5.32 Å². The number of aryl methyl sites for hydroxylation is 3. The molecule has 2 aromatic rings. The lowest BCUT2D eigenvalue weighted by Crippen LogP contribution is -2.25. The molecule has 0 unspecified atom stereocenters. The Hall–Kier alpha value is -2.44. The van der Waals surface area contributed by atoms with Crippen LogP contribution in [0.4, 0.5) is 0 Å². The fraction of sp³-hybridized carbons (Fsp3) is 0.500. The van der Waals surface area contributed by atoms with Crippen molar-refractivity contribution in [2.24, 2.45) is 0 Å². The van der Waals surface area contributed by atoms with Gasteiger partial charge in [0.05, 0.1) is 5.69 Å². The van der Waals surface area contributed by atoms with Gasteiger partial charge < -0.3 is 10.4 Å². The summed E-state index contributed by atoms with van der Waals surface area (Å²) in [6.45, 7) is 6.13. The Kier molecular flexibility index (Phi) is 5.31. The van der Waals surface area contributed by atoms with Crippen molar-refractivity contribution in [3.63, 3.8) is 0 Å². The summed E-state index contributed by atoms with van der Waals surface area (Å²) in [6, 6.07) is 1.92. The van der Waals surface area contributed by atoms with Gasteiger partial charge in [0.1, 0.15) is 5.56 Å². The SMILES string of the molecule is Cc1cc(C)n2nc(C)c(C(=O)NCCCCCC(=O)O)c2n1. The van der Waals surface area contributed by atoms with E-state index in [1.165, 1.54) is 0 Å². The molecule has 23 heavy (non-hydrogen) atoms. The van der Waals surface area contributed by atoms with Crippen molar-refractivity contribution >= 4 is 17.5 Å². The number of amides is 1. The molecule has 0 saturated heterocycles. The maximum Gasteiger partial charge on any atom is 0.303 e. The van der Waals surface area contributed by atoms with Crippen LogP contribution in [0.15, 0.2) is 6.07 Å². The van der Waals surface area contributed by atoms with Gasteiger partial charge in [0, 0.05) is 24.4 Å². The highest BCUT2D eigenvalue weighted by molar-refractivity contribution is 6.01. The Morgan fingerprint density at radius 3 is 2.65 bits per heavy atom. The van der Waals surface area contributed by atoms with Gasteiger partial charge >= 0.3 is 5.97 Å². The third-order valence-corrected chi connectivity index (χ3v) is 3.65. The molecule has 2 heterocycles. The van der Waals surface area contributed by atoms with E-state index in [4.69, 9.17) is 5.11 Å². The van der Waals surface area contributed by atoms with Gasteiger partial charge in [-0.15, -0.1) is 0 Å². The third-order valence-electron chi connectivity index (χ3n) is 3.65. The molecule has 7 nitrogen and oxygen atoms in total. The number of carboxylic acid groups (broad SMARTS) is 1. The number of aromatic nitrogens is 3. The van der Waals surface area contributed by atoms with Crippen LogP contribution in [0.25, 0.3) is 5.65 Å². The number of nitrogens with zero attached hydrogens (tertiary/aromatic N) is 3. The average molecular weight is 318 g/mol. The number of hydrogen-bond acceptors (Lipinski definition) is 4. The van der Waals surface area contributed by atoms with E-state index in [9.17, 15) is 9.59 Å². The van der Waals surface area contributed by atoms with Crippen molar-refractivity contribution in [2.45, 2.75) is 46.5 Å². The normalized spacial score (nSPS) is 10.9. The summed E-state index contributed by atoms with van der Waals surface area (Å²) < 4.78 is 1.68. The molecule has 1 amide bonds. The molecule has 0 fully saturated rings. The minimum atomic E-state index is -0.784. The number of carbonyl (C=O) groups is 2. The molecular weight excluding hydrogens is 296 g/mol. The van der Waals surface area contributed by atoms with E-state index in [1.807, 2.05) is 19.9 Å². The molecule has 2 rings (SSSR count). The first kappa shape index (κ1) is 16.9. The second kappa shape index (κ2) is 7.21. The maximum absolute atomic E-state index is 12.4. The minimum Gasteiger partial charge on any atom is -0.481 e. The van der Waals surface area contributed by atoms with Crippen molar-refractivity contribution in [2.75, 3.05) is 6.54 Å². The number of hydrogen-bond donors (Lipinski definition) is 2. The summed E-state index contributed by atoms with van der Waals surface area (Å²) in [5, 5.41) is 15.8. The molecule has 0 aliphatic carbocycles. The van der Waals surface area contributed by atoms with Crippen molar-refractivity contribution in [3.05, 3.63) is 28.7 Å². The molecular formula is C16H22N4O3. The van der Waals surface area contributed by atoms with Crippen LogP contribution in [0, 0.1) is 20.8 Å². The van der Waals surface area contributed by atoms with Crippen LogP contribution in [-0.2, 0) is 4.79 Å². The smallest absolute Gasteiger partial charge is 0.303 e. The fourth-order valence-corrected chi connectivity index (χ4v) is 2.56. The molecule has 124 valence electrons. The summed E-state index contributed by atoms with van der Waals surface area (Å²) in [5.74, 6) is -0.971. The van der Waals surface area contributed by atoms with Crippen LogP contribution in [0.2, 0.25) is 0 Å². The lowest BCUT2D eigenvalue weighted by atomic mass is 10.2. The molecule has 0 saturated carbocycles.